The zero-order valence-corrected chi connectivity index (χ0v) is 20.3. The Bertz CT molecular complexity index is 820. The van der Waals surface area contributed by atoms with Crippen molar-refractivity contribution in [2.75, 3.05) is 5.32 Å². The van der Waals surface area contributed by atoms with Crippen LogP contribution in [0.25, 0.3) is 0 Å². The Labute approximate surface area is 201 Å². The van der Waals surface area contributed by atoms with Crippen LogP contribution in [0.4, 0.5) is 5.13 Å². The molecule has 0 aliphatic heterocycles. The molecule has 0 fully saturated rings. The third kappa shape index (κ3) is 10.2. The predicted octanol–water partition coefficient (Wildman–Crippen LogP) is 2.17. The molecule has 3 atom stereocenters. The number of carbonyl (C=O) groups excluding carboxylic acids is 3. The maximum atomic E-state index is 13.3. The van der Waals surface area contributed by atoms with Crippen molar-refractivity contribution in [3.8, 4) is 0 Å². The summed E-state index contributed by atoms with van der Waals surface area (Å²) in [4.78, 5) is 51.8. The van der Waals surface area contributed by atoms with Crippen LogP contribution in [0.3, 0.4) is 0 Å². The molecule has 34 heavy (non-hydrogen) atoms. The van der Waals surface area contributed by atoms with E-state index in [2.05, 4.69) is 15.6 Å². The SMILES string of the molecule is CCCC(C(CC(C)C)C(=O)NC(CCCC(=N)N[N+](=O)[O-])C(=O)Nc1nccs1)N(O)C=O. The molecule has 0 bridgehead atoms. The topological polar surface area (TPSA) is 191 Å². The van der Waals surface area contributed by atoms with Gasteiger partial charge in [0, 0.05) is 18.0 Å². The van der Waals surface area contributed by atoms with Crippen LogP contribution in [-0.2, 0) is 14.4 Å². The second kappa shape index (κ2) is 14.9. The molecule has 0 saturated heterocycles. The average Bonchev–Trinajstić information content (AvgIpc) is 3.27. The summed E-state index contributed by atoms with van der Waals surface area (Å²) in [7, 11) is 0. The first-order valence-corrected chi connectivity index (χ1v) is 11.9. The van der Waals surface area contributed by atoms with Crippen LogP contribution < -0.4 is 16.1 Å². The molecular formula is C20H33N7O6S. The standard InChI is InChI=1S/C20H33N7O6S/c1-4-6-16(26(31)12-28)14(11-13(2)3)18(29)23-15(7-5-8-17(21)25-27(32)33)19(30)24-20-22-9-10-34-20/h9-10,12-16,31H,4-8,11H2,1-3H3,(H2,21,25)(H,23,29)(H,22,24,30). The number of anilines is 1. The van der Waals surface area contributed by atoms with Crippen molar-refractivity contribution in [1.82, 2.24) is 20.8 Å². The lowest BCUT2D eigenvalue weighted by Crippen LogP contribution is -2.51. The smallest absolute Gasteiger partial charge is 0.248 e. The molecule has 3 unspecified atom stereocenters. The number of carbonyl (C=O) groups is 3. The molecule has 190 valence electrons. The second-order valence-corrected chi connectivity index (χ2v) is 9.10. The molecule has 0 aliphatic carbocycles. The van der Waals surface area contributed by atoms with Crippen LogP contribution in [0.1, 0.15) is 59.3 Å². The van der Waals surface area contributed by atoms with Gasteiger partial charge in [-0.05, 0) is 31.6 Å². The first-order valence-electron chi connectivity index (χ1n) is 11.0. The molecule has 0 aliphatic rings. The number of rotatable bonds is 16. The first kappa shape index (κ1) is 28.9. The normalized spacial score (nSPS) is 13.4. The Balaban J connectivity index is 3.03. The number of nitrogens with zero attached hydrogens (tertiary/aromatic N) is 3. The highest BCUT2D eigenvalue weighted by Crippen LogP contribution is 2.23. The summed E-state index contributed by atoms with van der Waals surface area (Å²) in [6.07, 6.45) is 3.48. The minimum absolute atomic E-state index is 0.00131. The molecule has 1 aromatic rings. The van der Waals surface area contributed by atoms with E-state index in [0.29, 0.717) is 29.5 Å². The number of amides is 3. The highest BCUT2D eigenvalue weighted by molar-refractivity contribution is 7.13. The minimum Gasteiger partial charge on any atom is -0.344 e. The van der Waals surface area contributed by atoms with Crippen molar-refractivity contribution in [1.29, 1.82) is 5.41 Å². The fourth-order valence-electron chi connectivity index (χ4n) is 3.51. The van der Waals surface area contributed by atoms with Gasteiger partial charge in [-0.1, -0.05) is 32.6 Å². The summed E-state index contributed by atoms with van der Waals surface area (Å²) in [5, 5.41) is 35.2. The van der Waals surface area contributed by atoms with E-state index in [1.165, 1.54) is 17.5 Å². The molecule has 13 nitrogen and oxygen atoms in total. The molecule has 1 aromatic heterocycles. The van der Waals surface area contributed by atoms with E-state index in [9.17, 15) is 29.7 Å². The number of amidine groups is 1. The van der Waals surface area contributed by atoms with E-state index < -0.39 is 34.8 Å². The van der Waals surface area contributed by atoms with Crippen LogP contribution >= 0.6 is 11.3 Å². The van der Waals surface area contributed by atoms with Gasteiger partial charge >= 0.3 is 0 Å². The van der Waals surface area contributed by atoms with Crippen LogP contribution in [0, 0.1) is 27.4 Å². The second-order valence-electron chi connectivity index (χ2n) is 8.20. The lowest BCUT2D eigenvalue weighted by Gasteiger charge is -2.32. The number of thiazole rings is 1. The number of hydroxylamine groups is 2. The quantitative estimate of drug-likeness (QED) is 0.0570. The molecule has 0 aromatic carbocycles. The summed E-state index contributed by atoms with van der Waals surface area (Å²) < 4.78 is 0. The van der Waals surface area contributed by atoms with E-state index in [-0.39, 0.29) is 37.4 Å². The third-order valence-corrected chi connectivity index (χ3v) is 5.69. The van der Waals surface area contributed by atoms with E-state index in [0.717, 1.165) is 0 Å². The van der Waals surface area contributed by atoms with Crippen molar-refractivity contribution < 1.29 is 24.6 Å². The molecular weight excluding hydrogens is 466 g/mol. The molecule has 0 saturated carbocycles. The van der Waals surface area contributed by atoms with Crippen molar-refractivity contribution in [3.05, 3.63) is 21.7 Å². The molecule has 1 heterocycles. The Morgan fingerprint density at radius 2 is 2.06 bits per heavy atom. The highest BCUT2D eigenvalue weighted by Gasteiger charge is 2.34. The van der Waals surface area contributed by atoms with Crippen LogP contribution in [0.15, 0.2) is 11.6 Å². The lowest BCUT2D eigenvalue weighted by molar-refractivity contribution is -0.525. The minimum atomic E-state index is -1.01. The van der Waals surface area contributed by atoms with Crippen LogP contribution in [0.2, 0.25) is 0 Å². The highest BCUT2D eigenvalue weighted by atomic mass is 32.1. The summed E-state index contributed by atoms with van der Waals surface area (Å²) in [6, 6.07) is -1.77. The van der Waals surface area contributed by atoms with Crippen molar-refractivity contribution in [2.45, 2.75) is 71.4 Å². The summed E-state index contributed by atoms with van der Waals surface area (Å²) in [5.74, 6) is -2.03. The van der Waals surface area contributed by atoms with Crippen molar-refractivity contribution in [3.63, 3.8) is 0 Å². The van der Waals surface area contributed by atoms with Gasteiger partial charge in [-0.25, -0.2) is 20.2 Å². The predicted molar refractivity (Wildman–Crippen MR) is 126 cm³/mol. The average molecular weight is 500 g/mol. The molecule has 14 heteroatoms. The van der Waals surface area contributed by atoms with Gasteiger partial charge in [-0.15, -0.1) is 11.3 Å². The Hall–Kier alpha value is -3.13. The Morgan fingerprint density at radius 3 is 2.59 bits per heavy atom. The maximum absolute atomic E-state index is 13.3. The van der Waals surface area contributed by atoms with Gasteiger partial charge in [0.25, 0.3) is 0 Å². The number of hydrogen-bond donors (Lipinski definition) is 5. The largest absolute Gasteiger partial charge is 0.344 e. The van der Waals surface area contributed by atoms with Crippen molar-refractivity contribution in [2.24, 2.45) is 11.8 Å². The monoisotopic (exact) mass is 499 g/mol. The number of nitrogens with one attached hydrogen (secondary N) is 4. The number of aromatic nitrogens is 1. The zero-order chi connectivity index (χ0) is 25.7. The van der Waals surface area contributed by atoms with Gasteiger partial charge in [-0.3, -0.25) is 25.0 Å². The number of nitro groups is 1. The van der Waals surface area contributed by atoms with Gasteiger partial charge in [-0.2, -0.15) is 0 Å². The van der Waals surface area contributed by atoms with E-state index in [1.54, 1.807) is 10.8 Å². The van der Waals surface area contributed by atoms with Crippen LogP contribution in [-0.4, -0.2) is 56.4 Å². The van der Waals surface area contributed by atoms with Gasteiger partial charge in [0.05, 0.1) is 12.0 Å². The zero-order valence-electron chi connectivity index (χ0n) is 19.5. The maximum Gasteiger partial charge on any atom is 0.248 e. The Kier molecular flexibility index (Phi) is 12.7. The third-order valence-electron chi connectivity index (χ3n) is 5.00. The van der Waals surface area contributed by atoms with Gasteiger partial charge < -0.3 is 10.6 Å². The summed E-state index contributed by atoms with van der Waals surface area (Å²) in [5.41, 5.74) is 1.75. The molecule has 5 N–H and O–H groups in total. The van der Waals surface area contributed by atoms with Gasteiger partial charge in [0.2, 0.25) is 18.2 Å². The van der Waals surface area contributed by atoms with E-state index in [4.69, 9.17) is 5.41 Å². The first-order chi connectivity index (χ1) is 16.1. The lowest BCUT2D eigenvalue weighted by atomic mass is 9.86. The fraction of sp³-hybridized carbons (Fsp3) is 0.650. The molecule has 0 spiro atoms. The van der Waals surface area contributed by atoms with Crippen LogP contribution in [0.5, 0.6) is 0 Å². The van der Waals surface area contributed by atoms with E-state index in [1.807, 2.05) is 20.8 Å². The fourth-order valence-corrected chi connectivity index (χ4v) is 4.04. The molecule has 3 amide bonds. The Morgan fingerprint density at radius 1 is 1.35 bits per heavy atom. The number of hydrazine groups is 1. The van der Waals surface area contributed by atoms with Gasteiger partial charge in [0.1, 0.15) is 6.04 Å². The van der Waals surface area contributed by atoms with E-state index >= 15 is 0 Å². The molecule has 0 radical (unpaired) electrons. The molecule has 1 rings (SSSR count). The summed E-state index contributed by atoms with van der Waals surface area (Å²) >= 11 is 1.20. The van der Waals surface area contributed by atoms with Crippen molar-refractivity contribution >= 4 is 40.5 Å². The van der Waals surface area contributed by atoms with Gasteiger partial charge in [0.15, 0.2) is 16.0 Å². The number of hydrogen-bond acceptors (Lipinski definition) is 9. The summed E-state index contributed by atoms with van der Waals surface area (Å²) in [6.45, 7) is 5.69.